The number of benzene rings is 1. The summed E-state index contributed by atoms with van der Waals surface area (Å²) in [5.41, 5.74) is 1.39. The number of rotatable bonds is 5. The zero-order chi connectivity index (χ0) is 18.7. The van der Waals surface area contributed by atoms with E-state index >= 15 is 0 Å². The normalized spacial score (nSPS) is 20.1. The van der Waals surface area contributed by atoms with Gasteiger partial charge in [0.1, 0.15) is 5.69 Å². The Morgan fingerprint density at radius 1 is 1.38 bits per heavy atom. The summed E-state index contributed by atoms with van der Waals surface area (Å²) in [6.45, 7) is 3.58. The predicted octanol–water partition coefficient (Wildman–Crippen LogP) is 2.39. The molecule has 3 N–H and O–H groups in total. The smallest absolute Gasteiger partial charge is 0.356 e. The Kier molecular flexibility index (Phi) is 5.84. The number of esters is 1. The monoisotopic (exact) mass is 378 g/mol. The van der Waals surface area contributed by atoms with Crippen molar-refractivity contribution in [3.63, 3.8) is 0 Å². The molecule has 1 unspecified atom stereocenters. The van der Waals surface area contributed by atoms with Gasteiger partial charge in [0.2, 0.25) is 0 Å². The molecule has 6 nitrogen and oxygen atoms in total. The zero-order valence-electron chi connectivity index (χ0n) is 15.2. The largest absolute Gasteiger partial charge is 0.464 e. The number of hydrogen-bond donors (Lipinski definition) is 3. The van der Waals surface area contributed by atoms with E-state index in [2.05, 4.69) is 17.2 Å². The van der Waals surface area contributed by atoms with Gasteiger partial charge in [-0.1, -0.05) is 18.5 Å². The molecule has 1 saturated heterocycles. The molecule has 2 aromatic rings. The number of likely N-dealkylation sites (tertiary alicyclic amines) is 1. The average molecular weight is 379 g/mol. The van der Waals surface area contributed by atoms with Crippen molar-refractivity contribution in [2.45, 2.75) is 38.6 Å². The number of piperidine rings is 1. The first-order chi connectivity index (χ1) is 12.5. The molecule has 2 heterocycles. The highest BCUT2D eigenvalue weighted by Crippen LogP contribution is 2.30. The number of nitrogens with one attached hydrogen (secondary N) is 3. The van der Waals surface area contributed by atoms with Crippen LogP contribution in [0.4, 0.5) is 5.69 Å². The number of carbonyl (C=O) groups excluding carboxylic acids is 2. The minimum Gasteiger partial charge on any atom is -0.464 e. The SMILES string of the molecule is CC[C@@H]1CCCC[NH+]1CC(=O)Nc1c(C(=O)OC)[nH]c2ccc(Cl)cc12. The van der Waals surface area contributed by atoms with Crippen LogP contribution in [0, 0.1) is 0 Å². The van der Waals surface area contributed by atoms with E-state index in [1.54, 1.807) is 18.2 Å². The van der Waals surface area contributed by atoms with Gasteiger partial charge in [0, 0.05) is 15.9 Å². The molecule has 1 amide bonds. The number of quaternary nitrogens is 1. The van der Waals surface area contributed by atoms with Crippen LogP contribution in [0.1, 0.15) is 43.1 Å². The topological polar surface area (TPSA) is 75.6 Å². The van der Waals surface area contributed by atoms with E-state index in [1.165, 1.54) is 18.4 Å². The van der Waals surface area contributed by atoms with Gasteiger partial charge in [-0.2, -0.15) is 0 Å². The first-order valence-corrected chi connectivity index (χ1v) is 9.45. The number of carbonyl (C=O) groups is 2. The lowest BCUT2D eigenvalue weighted by Gasteiger charge is -2.31. The molecule has 1 aromatic carbocycles. The predicted molar refractivity (Wildman–Crippen MR) is 102 cm³/mol. The molecule has 7 heteroatoms. The summed E-state index contributed by atoms with van der Waals surface area (Å²) in [7, 11) is 1.32. The van der Waals surface area contributed by atoms with Crippen LogP contribution in [-0.4, -0.2) is 43.1 Å². The summed E-state index contributed by atoms with van der Waals surface area (Å²) in [6, 6.07) is 5.77. The Hall–Kier alpha value is -2.05. The van der Waals surface area contributed by atoms with Gasteiger partial charge in [-0.3, -0.25) is 4.79 Å². The third-order valence-electron chi connectivity index (χ3n) is 5.17. The Bertz CT molecular complexity index is 818. The summed E-state index contributed by atoms with van der Waals surface area (Å²) in [6.07, 6.45) is 4.61. The molecule has 2 atom stereocenters. The highest BCUT2D eigenvalue weighted by molar-refractivity contribution is 6.31. The van der Waals surface area contributed by atoms with Crippen molar-refractivity contribution >= 4 is 40.1 Å². The second-order valence-corrected chi connectivity index (χ2v) is 7.23. The van der Waals surface area contributed by atoms with Gasteiger partial charge in [0.05, 0.1) is 25.4 Å². The first-order valence-electron chi connectivity index (χ1n) is 9.07. The number of fused-ring (bicyclic) bond motifs is 1. The van der Waals surface area contributed by atoms with Crippen LogP contribution in [-0.2, 0) is 9.53 Å². The molecule has 140 valence electrons. The minimum atomic E-state index is -0.524. The summed E-state index contributed by atoms with van der Waals surface area (Å²) < 4.78 is 4.84. The van der Waals surface area contributed by atoms with Gasteiger partial charge in [0.15, 0.2) is 6.54 Å². The fourth-order valence-electron chi connectivity index (χ4n) is 3.82. The maximum absolute atomic E-state index is 12.7. The van der Waals surface area contributed by atoms with E-state index in [9.17, 15) is 9.59 Å². The Morgan fingerprint density at radius 2 is 2.19 bits per heavy atom. The fraction of sp³-hybridized carbons (Fsp3) is 0.474. The van der Waals surface area contributed by atoms with E-state index in [0.717, 1.165) is 31.3 Å². The lowest BCUT2D eigenvalue weighted by molar-refractivity contribution is -0.923. The molecular formula is C19H25ClN3O3+. The van der Waals surface area contributed by atoms with Crippen molar-refractivity contribution in [2.24, 2.45) is 0 Å². The number of ether oxygens (including phenoxy) is 1. The van der Waals surface area contributed by atoms with E-state index < -0.39 is 5.97 Å². The lowest BCUT2D eigenvalue weighted by atomic mass is 10.00. The molecule has 0 bridgehead atoms. The summed E-state index contributed by atoms with van der Waals surface area (Å²) in [5.74, 6) is -0.629. The number of amides is 1. The zero-order valence-corrected chi connectivity index (χ0v) is 15.9. The number of methoxy groups -OCH3 is 1. The fourth-order valence-corrected chi connectivity index (χ4v) is 3.99. The maximum Gasteiger partial charge on any atom is 0.356 e. The van der Waals surface area contributed by atoms with Gasteiger partial charge >= 0.3 is 5.97 Å². The highest BCUT2D eigenvalue weighted by Gasteiger charge is 2.28. The third kappa shape index (κ3) is 3.86. The number of anilines is 1. The van der Waals surface area contributed by atoms with E-state index in [-0.39, 0.29) is 11.6 Å². The van der Waals surface area contributed by atoms with Crippen LogP contribution in [0.5, 0.6) is 0 Å². The Morgan fingerprint density at radius 3 is 2.92 bits per heavy atom. The number of hydrogen-bond acceptors (Lipinski definition) is 3. The maximum atomic E-state index is 12.7. The van der Waals surface area contributed by atoms with E-state index in [1.807, 2.05) is 0 Å². The second-order valence-electron chi connectivity index (χ2n) is 6.79. The second kappa shape index (κ2) is 8.10. The first kappa shape index (κ1) is 18.7. The summed E-state index contributed by atoms with van der Waals surface area (Å²) >= 11 is 6.10. The molecule has 0 aliphatic carbocycles. The molecule has 1 aromatic heterocycles. The van der Waals surface area contributed by atoms with Crippen molar-refractivity contribution in [2.75, 3.05) is 25.5 Å². The van der Waals surface area contributed by atoms with Crippen molar-refractivity contribution in [1.82, 2.24) is 4.98 Å². The molecule has 26 heavy (non-hydrogen) atoms. The molecule has 0 radical (unpaired) electrons. The summed E-state index contributed by atoms with van der Waals surface area (Å²) in [5, 5.41) is 4.16. The van der Waals surface area contributed by atoms with Crippen molar-refractivity contribution in [1.29, 1.82) is 0 Å². The van der Waals surface area contributed by atoms with Crippen LogP contribution >= 0.6 is 11.6 Å². The minimum absolute atomic E-state index is 0.105. The third-order valence-corrected chi connectivity index (χ3v) is 5.41. The van der Waals surface area contributed by atoms with Gasteiger partial charge in [-0.25, -0.2) is 4.79 Å². The van der Waals surface area contributed by atoms with Gasteiger partial charge in [0.25, 0.3) is 5.91 Å². The van der Waals surface area contributed by atoms with Crippen molar-refractivity contribution in [3.05, 3.63) is 28.9 Å². The van der Waals surface area contributed by atoms with E-state index in [0.29, 0.717) is 28.7 Å². The van der Waals surface area contributed by atoms with Gasteiger partial charge in [-0.05, 0) is 43.9 Å². The standard InChI is InChI=1S/C19H24ClN3O3/c1-3-13-6-4-5-9-23(13)11-16(24)22-17-14-10-12(20)7-8-15(14)21-18(17)19(25)26-2/h7-8,10,13,21H,3-6,9,11H2,1-2H3,(H,22,24)/p+1/t13-/m1/s1. The highest BCUT2D eigenvalue weighted by atomic mass is 35.5. The van der Waals surface area contributed by atoms with Gasteiger partial charge < -0.3 is 19.9 Å². The number of H-pyrrole nitrogens is 1. The lowest BCUT2D eigenvalue weighted by Crippen LogP contribution is -3.17. The molecule has 1 fully saturated rings. The molecule has 1 aliphatic rings. The van der Waals surface area contributed by atoms with Crippen LogP contribution in [0.15, 0.2) is 18.2 Å². The summed E-state index contributed by atoms with van der Waals surface area (Å²) in [4.78, 5) is 29.1. The molecule has 0 saturated carbocycles. The molecule has 0 spiro atoms. The Labute approximate surface area is 157 Å². The quantitative estimate of drug-likeness (QED) is 0.699. The number of aromatic nitrogens is 1. The Balaban J connectivity index is 1.85. The van der Waals surface area contributed by atoms with Crippen molar-refractivity contribution in [3.8, 4) is 0 Å². The van der Waals surface area contributed by atoms with Gasteiger partial charge in [-0.15, -0.1) is 0 Å². The van der Waals surface area contributed by atoms with E-state index in [4.69, 9.17) is 16.3 Å². The average Bonchev–Trinajstić information content (AvgIpc) is 2.99. The number of halogens is 1. The molecule has 3 rings (SSSR count). The van der Waals surface area contributed by atoms with Crippen LogP contribution < -0.4 is 10.2 Å². The van der Waals surface area contributed by atoms with Crippen LogP contribution in [0.25, 0.3) is 10.9 Å². The van der Waals surface area contributed by atoms with Crippen LogP contribution in [0.3, 0.4) is 0 Å². The van der Waals surface area contributed by atoms with Crippen molar-refractivity contribution < 1.29 is 19.2 Å². The van der Waals surface area contributed by atoms with Crippen LogP contribution in [0.2, 0.25) is 5.02 Å². The number of aromatic amines is 1. The molecular weight excluding hydrogens is 354 g/mol. The molecule has 1 aliphatic heterocycles.